The highest BCUT2D eigenvalue weighted by Gasteiger charge is 2.41. The van der Waals surface area contributed by atoms with Crippen LogP contribution >= 0.6 is 11.6 Å². The van der Waals surface area contributed by atoms with Gasteiger partial charge < -0.3 is 4.90 Å². The summed E-state index contributed by atoms with van der Waals surface area (Å²) >= 11 is 5.76. The van der Waals surface area contributed by atoms with Gasteiger partial charge >= 0.3 is 5.69 Å². The Balaban J connectivity index is 1.58. The molecule has 3 heterocycles. The Labute approximate surface area is 157 Å². The molecule has 0 bridgehead atoms. The van der Waals surface area contributed by atoms with Crippen LogP contribution in [0, 0.1) is 5.82 Å². The fourth-order valence-electron chi connectivity index (χ4n) is 3.61. The summed E-state index contributed by atoms with van der Waals surface area (Å²) < 4.78 is 42.6. The molecule has 1 fully saturated rings. The van der Waals surface area contributed by atoms with E-state index in [9.17, 15) is 22.8 Å². The van der Waals surface area contributed by atoms with Crippen LogP contribution in [0.1, 0.15) is 23.9 Å². The number of aryl methyl sites for hydroxylation is 1. The number of alkyl halides is 2. The van der Waals surface area contributed by atoms with Gasteiger partial charge in [0.1, 0.15) is 17.7 Å². The van der Waals surface area contributed by atoms with E-state index >= 15 is 0 Å². The molecule has 1 aromatic heterocycles. The standard InChI is InChI=1S/C17H16ClF3N4O2/c18-10-5-9(1-2-11(10)19)6-24-17(27)25-14(3-4-15(25)22-24)16(26)23-7-12(20)13(21)8-23/h1-2,5,12-14H,3-4,6-8H2/t12-,13+,14?. The van der Waals surface area contributed by atoms with E-state index in [1.807, 2.05) is 0 Å². The molecule has 6 nitrogen and oxygen atoms in total. The monoisotopic (exact) mass is 400 g/mol. The van der Waals surface area contributed by atoms with Crippen molar-refractivity contribution in [1.82, 2.24) is 19.2 Å². The number of carbonyl (C=O) groups excluding carboxylic acids is 1. The minimum Gasteiger partial charge on any atom is -0.335 e. The first-order chi connectivity index (χ1) is 12.8. The zero-order valence-corrected chi connectivity index (χ0v) is 14.9. The maximum Gasteiger partial charge on any atom is 0.346 e. The number of nitrogens with zero attached hydrogens (tertiary/aromatic N) is 4. The first-order valence-electron chi connectivity index (χ1n) is 8.54. The summed E-state index contributed by atoms with van der Waals surface area (Å²) in [5.74, 6) is -0.587. The molecular formula is C17H16ClF3N4O2. The zero-order chi connectivity index (χ0) is 19.3. The van der Waals surface area contributed by atoms with Crippen molar-refractivity contribution in [3.8, 4) is 0 Å². The third-order valence-electron chi connectivity index (χ3n) is 4.99. The third kappa shape index (κ3) is 3.13. The Morgan fingerprint density at radius 3 is 2.63 bits per heavy atom. The maximum atomic E-state index is 13.4. The van der Waals surface area contributed by atoms with Crippen molar-refractivity contribution in [1.29, 1.82) is 0 Å². The second kappa shape index (κ2) is 6.70. The first-order valence-corrected chi connectivity index (χ1v) is 8.92. The summed E-state index contributed by atoms with van der Waals surface area (Å²) in [4.78, 5) is 26.5. The molecule has 144 valence electrons. The van der Waals surface area contributed by atoms with Gasteiger partial charge in [-0.25, -0.2) is 22.6 Å². The molecular weight excluding hydrogens is 385 g/mol. The molecule has 0 radical (unpaired) electrons. The minimum atomic E-state index is -1.70. The van der Waals surface area contributed by atoms with Gasteiger partial charge in [-0.2, -0.15) is 5.10 Å². The second-order valence-corrected chi connectivity index (χ2v) is 7.21. The van der Waals surface area contributed by atoms with Crippen molar-refractivity contribution >= 4 is 17.5 Å². The van der Waals surface area contributed by atoms with Crippen LogP contribution in [0.2, 0.25) is 5.02 Å². The van der Waals surface area contributed by atoms with E-state index in [1.54, 1.807) is 0 Å². The largest absolute Gasteiger partial charge is 0.346 e. The molecule has 0 N–H and O–H groups in total. The Morgan fingerprint density at radius 1 is 1.26 bits per heavy atom. The number of amides is 1. The van der Waals surface area contributed by atoms with E-state index in [2.05, 4.69) is 5.10 Å². The summed E-state index contributed by atoms with van der Waals surface area (Å²) in [5.41, 5.74) is 0.0947. The molecule has 27 heavy (non-hydrogen) atoms. The molecule has 2 aliphatic rings. The van der Waals surface area contributed by atoms with Crippen LogP contribution in [-0.2, 0) is 17.8 Å². The molecule has 1 aromatic carbocycles. The number of carbonyl (C=O) groups is 1. The quantitative estimate of drug-likeness (QED) is 0.790. The first kappa shape index (κ1) is 18.1. The van der Waals surface area contributed by atoms with Gasteiger partial charge in [-0.1, -0.05) is 17.7 Å². The topological polar surface area (TPSA) is 60.1 Å². The van der Waals surface area contributed by atoms with Crippen LogP contribution in [0.25, 0.3) is 0 Å². The minimum absolute atomic E-state index is 0.0593. The van der Waals surface area contributed by atoms with Crippen molar-refractivity contribution in [3.63, 3.8) is 0 Å². The summed E-state index contributed by atoms with van der Waals surface area (Å²) in [6.07, 6.45) is -2.62. The molecule has 4 rings (SSSR count). The smallest absolute Gasteiger partial charge is 0.335 e. The molecule has 10 heteroatoms. The molecule has 3 atom stereocenters. The fraction of sp³-hybridized carbons (Fsp3) is 0.471. The highest BCUT2D eigenvalue weighted by atomic mass is 35.5. The highest BCUT2D eigenvalue weighted by Crippen LogP contribution is 2.27. The van der Waals surface area contributed by atoms with Crippen LogP contribution in [0.5, 0.6) is 0 Å². The Bertz CT molecular complexity index is 950. The molecule has 0 saturated carbocycles. The molecule has 2 aliphatic heterocycles. The van der Waals surface area contributed by atoms with Gasteiger partial charge in [0.25, 0.3) is 0 Å². The summed E-state index contributed by atoms with van der Waals surface area (Å²) in [5, 5.41) is 4.18. The number of benzene rings is 1. The lowest BCUT2D eigenvalue weighted by molar-refractivity contribution is -0.133. The van der Waals surface area contributed by atoms with E-state index in [-0.39, 0.29) is 24.7 Å². The lowest BCUT2D eigenvalue weighted by atomic mass is 10.2. The van der Waals surface area contributed by atoms with Crippen molar-refractivity contribution < 1.29 is 18.0 Å². The molecule has 1 saturated heterocycles. The lowest BCUT2D eigenvalue weighted by Gasteiger charge is -2.20. The van der Waals surface area contributed by atoms with Gasteiger partial charge in [0.15, 0.2) is 12.3 Å². The molecule has 0 aliphatic carbocycles. The normalized spacial score (nSPS) is 24.4. The fourth-order valence-corrected chi connectivity index (χ4v) is 3.81. The average molecular weight is 401 g/mol. The highest BCUT2D eigenvalue weighted by molar-refractivity contribution is 6.30. The van der Waals surface area contributed by atoms with E-state index in [0.29, 0.717) is 24.2 Å². The van der Waals surface area contributed by atoms with Crippen LogP contribution in [-0.4, -0.2) is 50.6 Å². The average Bonchev–Trinajstić information content (AvgIpc) is 3.28. The van der Waals surface area contributed by atoms with E-state index in [4.69, 9.17) is 11.6 Å². The van der Waals surface area contributed by atoms with E-state index in [1.165, 1.54) is 27.4 Å². The lowest BCUT2D eigenvalue weighted by Crippen LogP contribution is -2.39. The van der Waals surface area contributed by atoms with Gasteiger partial charge in [0.05, 0.1) is 24.7 Å². The third-order valence-corrected chi connectivity index (χ3v) is 5.28. The number of hydrogen-bond acceptors (Lipinski definition) is 3. The number of rotatable bonds is 3. The van der Waals surface area contributed by atoms with E-state index in [0.717, 1.165) is 4.90 Å². The second-order valence-electron chi connectivity index (χ2n) is 6.80. The molecule has 1 unspecified atom stereocenters. The van der Waals surface area contributed by atoms with Crippen molar-refractivity contribution in [2.75, 3.05) is 13.1 Å². The van der Waals surface area contributed by atoms with Crippen LogP contribution < -0.4 is 5.69 Å². The van der Waals surface area contributed by atoms with Crippen LogP contribution in [0.3, 0.4) is 0 Å². The Hall–Kier alpha value is -2.29. The van der Waals surface area contributed by atoms with Gasteiger partial charge in [-0.15, -0.1) is 0 Å². The predicted molar refractivity (Wildman–Crippen MR) is 90.7 cm³/mol. The number of hydrogen-bond donors (Lipinski definition) is 0. The zero-order valence-electron chi connectivity index (χ0n) is 14.1. The van der Waals surface area contributed by atoms with Crippen LogP contribution in [0.15, 0.2) is 23.0 Å². The number of halogens is 4. The number of likely N-dealkylation sites (tertiary alicyclic amines) is 1. The summed E-state index contributed by atoms with van der Waals surface area (Å²) in [6, 6.07) is 3.29. The van der Waals surface area contributed by atoms with Crippen LogP contribution in [0.4, 0.5) is 13.2 Å². The Kier molecular flexibility index (Phi) is 4.49. The number of fused-ring (bicyclic) bond motifs is 1. The molecule has 1 amide bonds. The molecule has 2 aromatic rings. The van der Waals surface area contributed by atoms with Gasteiger partial charge in [-0.3, -0.25) is 9.36 Å². The summed E-state index contributed by atoms with van der Waals surface area (Å²) in [7, 11) is 0. The van der Waals surface area contributed by atoms with Gasteiger partial charge in [-0.05, 0) is 24.1 Å². The Morgan fingerprint density at radius 2 is 1.96 bits per heavy atom. The van der Waals surface area contributed by atoms with Gasteiger partial charge in [0.2, 0.25) is 5.91 Å². The number of aromatic nitrogens is 3. The van der Waals surface area contributed by atoms with Gasteiger partial charge in [0, 0.05) is 6.42 Å². The predicted octanol–water partition coefficient (Wildman–Crippen LogP) is 1.89. The van der Waals surface area contributed by atoms with Crippen molar-refractivity contribution in [2.24, 2.45) is 0 Å². The SMILES string of the molecule is O=C(C1CCc2nn(Cc3ccc(F)c(Cl)c3)c(=O)n21)N1C[C@@H](F)[C@@H](F)C1. The summed E-state index contributed by atoms with van der Waals surface area (Å²) in [6.45, 7) is -0.534. The van der Waals surface area contributed by atoms with Crippen molar-refractivity contribution in [3.05, 3.63) is 50.9 Å². The maximum absolute atomic E-state index is 13.4. The van der Waals surface area contributed by atoms with Crippen molar-refractivity contribution in [2.45, 2.75) is 37.8 Å². The molecule has 0 spiro atoms. The van der Waals surface area contributed by atoms with E-state index < -0.39 is 35.8 Å².